The van der Waals surface area contributed by atoms with Crippen LogP contribution in [-0.4, -0.2) is 29.1 Å². The summed E-state index contributed by atoms with van der Waals surface area (Å²) >= 11 is 1.83. The lowest BCUT2D eigenvalue weighted by Crippen LogP contribution is -2.31. The number of nitrogens with zero attached hydrogens (tertiary/aromatic N) is 2. The topological polar surface area (TPSA) is 46.5 Å². The minimum atomic E-state index is 0.531. The Morgan fingerprint density at radius 2 is 2.21 bits per heavy atom. The molecule has 0 aromatic carbocycles. The first-order valence-electron chi connectivity index (χ1n) is 6.83. The molecule has 0 saturated heterocycles. The Bertz CT molecular complexity index is 460. The van der Waals surface area contributed by atoms with E-state index in [0.29, 0.717) is 11.9 Å². The van der Waals surface area contributed by atoms with E-state index in [1.54, 1.807) is 13.3 Å². The second-order valence-electron chi connectivity index (χ2n) is 5.07. The average molecular weight is 277 g/mol. The first-order chi connectivity index (χ1) is 9.35. The van der Waals surface area contributed by atoms with Crippen LogP contribution in [-0.2, 0) is 0 Å². The Morgan fingerprint density at radius 3 is 3.00 bits per heavy atom. The Labute approximate surface area is 118 Å². The van der Waals surface area contributed by atoms with E-state index in [4.69, 9.17) is 9.73 Å². The van der Waals surface area contributed by atoms with Crippen molar-refractivity contribution < 1.29 is 4.74 Å². The highest BCUT2D eigenvalue weighted by Gasteiger charge is 2.29. The highest BCUT2D eigenvalue weighted by atomic mass is 32.2. The number of anilines is 1. The number of rotatable bonds is 2. The monoisotopic (exact) mass is 277 g/mol. The van der Waals surface area contributed by atoms with Crippen LogP contribution in [0.3, 0.4) is 0 Å². The van der Waals surface area contributed by atoms with E-state index in [2.05, 4.69) is 10.3 Å². The van der Waals surface area contributed by atoms with Crippen molar-refractivity contribution in [2.45, 2.75) is 31.7 Å². The van der Waals surface area contributed by atoms with Gasteiger partial charge in [-0.15, -0.1) is 0 Å². The highest BCUT2D eigenvalue weighted by Crippen LogP contribution is 2.34. The van der Waals surface area contributed by atoms with Gasteiger partial charge in [0.2, 0.25) is 5.88 Å². The summed E-state index contributed by atoms with van der Waals surface area (Å²) in [5, 5.41) is 4.40. The molecular weight excluding hydrogens is 258 g/mol. The Hall–Kier alpha value is -1.23. The highest BCUT2D eigenvalue weighted by molar-refractivity contribution is 8.14. The van der Waals surface area contributed by atoms with Gasteiger partial charge in [0.15, 0.2) is 5.17 Å². The fourth-order valence-corrected chi connectivity index (χ4v) is 3.85. The number of amidine groups is 1. The molecule has 1 aliphatic carbocycles. The van der Waals surface area contributed by atoms with Crippen molar-refractivity contribution in [3.63, 3.8) is 0 Å². The van der Waals surface area contributed by atoms with Crippen molar-refractivity contribution in [1.29, 1.82) is 0 Å². The zero-order valence-corrected chi connectivity index (χ0v) is 11.9. The van der Waals surface area contributed by atoms with Crippen molar-refractivity contribution in [1.82, 2.24) is 4.98 Å². The molecule has 0 amide bonds. The van der Waals surface area contributed by atoms with Crippen LogP contribution in [0.15, 0.2) is 23.3 Å². The summed E-state index contributed by atoms with van der Waals surface area (Å²) in [5.74, 6) is 2.62. The third-order valence-corrected chi connectivity index (χ3v) is 4.86. The molecule has 1 N–H and O–H groups in total. The third kappa shape index (κ3) is 3.03. The lowest BCUT2D eigenvalue weighted by molar-refractivity contribution is 0.336. The molecule has 2 unspecified atom stereocenters. The van der Waals surface area contributed by atoms with Crippen LogP contribution >= 0.6 is 11.8 Å². The normalized spacial score (nSPS) is 26.3. The fraction of sp³-hybridized carbons (Fsp3) is 0.571. The van der Waals surface area contributed by atoms with E-state index in [9.17, 15) is 0 Å². The number of nitrogens with one attached hydrogen (secondary N) is 1. The average Bonchev–Trinajstić information content (AvgIpc) is 2.48. The van der Waals surface area contributed by atoms with Gasteiger partial charge in [0.25, 0.3) is 0 Å². The van der Waals surface area contributed by atoms with Crippen LogP contribution in [0.25, 0.3) is 0 Å². The number of pyridine rings is 1. The van der Waals surface area contributed by atoms with Crippen LogP contribution < -0.4 is 10.1 Å². The van der Waals surface area contributed by atoms with E-state index < -0.39 is 0 Å². The van der Waals surface area contributed by atoms with Gasteiger partial charge in [0, 0.05) is 11.8 Å². The smallest absolute Gasteiger partial charge is 0.213 e. The minimum Gasteiger partial charge on any atom is -0.481 e. The van der Waals surface area contributed by atoms with E-state index in [1.165, 1.54) is 31.4 Å². The lowest BCUT2D eigenvalue weighted by atomic mass is 9.86. The SMILES string of the molecule is COc1ccc(NC2=NC3CCCCC3CS2)cn1. The summed E-state index contributed by atoms with van der Waals surface area (Å²) in [5.41, 5.74) is 0.973. The molecular formula is C14H19N3OS. The predicted molar refractivity (Wildman–Crippen MR) is 80.1 cm³/mol. The molecule has 0 bridgehead atoms. The maximum Gasteiger partial charge on any atom is 0.213 e. The second kappa shape index (κ2) is 5.82. The van der Waals surface area contributed by atoms with Crippen molar-refractivity contribution in [3.8, 4) is 5.88 Å². The van der Waals surface area contributed by atoms with Crippen LogP contribution in [0.1, 0.15) is 25.7 Å². The molecule has 1 saturated carbocycles. The number of aliphatic imine (C=N–C) groups is 1. The van der Waals surface area contributed by atoms with Gasteiger partial charge in [-0.2, -0.15) is 0 Å². The molecule has 1 fully saturated rings. The van der Waals surface area contributed by atoms with Gasteiger partial charge in [-0.1, -0.05) is 24.6 Å². The molecule has 1 aromatic rings. The molecule has 4 nitrogen and oxygen atoms in total. The van der Waals surface area contributed by atoms with Crippen molar-refractivity contribution >= 4 is 22.6 Å². The summed E-state index contributed by atoms with van der Waals surface area (Å²) in [6.07, 6.45) is 7.08. The Morgan fingerprint density at radius 1 is 1.32 bits per heavy atom. The number of ether oxygens (including phenoxy) is 1. The van der Waals surface area contributed by atoms with Gasteiger partial charge in [-0.05, 0) is 24.8 Å². The zero-order chi connectivity index (χ0) is 13.1. The molecule has 1 aliphatic heterocycles. The van der Waals surface area contributed by atoms with Crippen LogP contribution in [0.2, 0.25) is 0 Å². The molecule has 2 heterocycles. The van der Waals surface area contributed by atoms with Gasteiger partial charge in [-0.25, -0.2) is 4.98 Å². The van der Waals surface area contributed by atoms with Crippen molar-refractivity contribution in [2.24, 2.45) is 10.9 Å². The number of hydrogen-bond donors (Lipinski definition) is 1. The van der Waals surface area contributed by atoms with Gasteiger partial charge in [0.05, 0.1) is 25.0 Å². The van der Waals surface area contributed by atoms with Gasteiger partial charge >= 0.3 is 0 Å². The number of methoxy groups -OCH3 is 1. The molecule has 1 aromatic heterocycles. The minimum absolute atomic E-state index is 0.531. The molecule has 2 atom stereocenters. The summed E-state index contributed by atoms with van der Waals surface area (Å²) < 4.78 is 5.06. The third-order valence-electron chi connectivity index (χ3n) is 3.78. The zero-order valence-electron chi connectivity index (χ0n) is 11.1. The number of hydrogen-bond acceptors (Lipinski definition) is 5. The van der Waals surface area contributed by atoms with Gasteiger partial charge < -0.3 is 10.1 Å². The quantitative estimate of drug-likeness (QED) is 0.902. The maximum absolute atomic E-state index is 5.06. The molecule has 2 aliphatic rings. The Kier molecular flexibility index (Phi) is 3.92. The van der Waals surface area contributed by atoms with Gasteiger partial charge in [0.1, 0.15) is 0 Å². The summed E-state index contributed by atoms with van der Waals surface area (Å²) in [7, 11) is 1.62. The first kappa shape index (κ1) is 12.8. The first-order valence-corrected chi connectivity index (χ1v) is 7.81. The largest absolute Gasteiger partial charge is 0.481 e. The number of fused-ring (bicyclic) bond motifs is 1. The van der Waals surface area contributed by atoms with Crippen LogP contribution in [0, 0.1) is 5.92 Å². The molecule has 5 heteroatoms. The number of aromatic nitrogens is 1. The molecule has 19 heavy (non-hydrogen) atoms. The summed E-state index contributed by atoms with van der Waals surface area (Å²) in [6, 6.07) is 4.37. The lowest BCUT2D eigenvalue weighted by Gasteiger charge is -2.32. The van der Waals surface area contributed by atoms with E-state index in [1.807, 2.05) is 23.9 Å². The van der Waals surface area contributed by atoms with E-state index in [-0.39, 0.29) is 0 Å². The van der Waals surface area contributed by atoms with Gasteiger partial charge in [-0.3, -0.25) is 4.99 Å². The molecule has 0 spiro atoms. The van der Waals surface area contributed by atoms with E-state index in [0.717, 1.165) is 16.8 Å². The predicted octanol–water partition coefficient (Wildman–Crippen LogP) is 3.16. The van der Waals surface area contributed by atoms with Crippen LogP contribution in [0.4, 0.5) is 5.69 Å². The maximum atomic E-state index is 5.06. The van der Waals surface area contributed by atoms with E-state index >= 15 is 0 Å². The summed E-state index contributed by atoms with van der Waals surface area (Å²) in [4.78, 5) is 9.05. The molecule has 3 rings (SSSR count). The standard InChI is InChI=1S/C14H19N3OS/c1-18-13-7-6-11(8-15-13)16-14-17-12-5-3-2-4-10(12)9-19-14/h6-8,10,12H,2-5,9H2,1H3,(H,16,17). The van der Waals surface area contributed by atoms with Crippen molar-refractivity contribution in [3.05, 3.63) is 18.3 Å². The van der Waals surface area contributed by atoms with Crippen molar-refractivity contribution in [2.75, 3.05) is 18.2 Å². The summed E-state index contributed by atoms with van der Waals surface area (Å²) in [6.45, 7) is 0. The second-order valence-corrected chi connectivity index (χ2v) is 6.08. The molecule has 102 valence electrons. The number of thioether (sulfide) groups is 1. The fourth-order valence-electron chi connectivity index (χ4n) is 2.69. The molecule has 0 radical (unpaired) electrons. The Balaban J connectivity index is 1.67. The van der Waals surface area contributed by atoms with Crippen LogP contribution in [0.5, 0.6) is 5.88 Å².